The maximum atomic E-state index is 16.0. The summed E-state index contributed by atoms with van der Waals surface area (Å²) in [6.45, 7) is 12.0. The van der Waals surface area contributed by atoms with Crippen LogP contribution < -0.4 is 42.0 Å². The molecule has 0 heterocycles. The predicted octanol–water partition coefficient (Wildman–Crippen LogP) is 17.9. The second-order valence-corrected chi connectivity index (χ2v) is 18.5. The molecule has 0 fully saturated rings. The fraction of sp³-hybridized carbons (Fsp3) is 0.100. The minimum atomic E-state index is -4.93. The van der Waals surface area contributed by atoms with E-state index in [0.717, 1.165) is 33.4 Å². The van der Waals surface area contributed by atoms with Crippen LogP contribution >= 0.6 is 7.82 Å². The van der Waals surface area contributed by atoms with E-state index >= 15 is 4.57 Å². The molecule has 0 aromatic heterocycles. The van der Waals surface area contributed by atoms with E-state index in [0.29, 0.717) is 51.7 Å². The van der Waals surface area contributed by atoms with E-state index in [1.54, 1.807) is 54.6 Å². The molecule has 71 heavy (non-hydrogen) atoms. The zero-order valence-corrected chi connectivity index (χ0v) is 41.0. The topological polar surface area (TPSA) is 100 Å². The van der Waals surface area contributed by atoms with E-state index in [2.05, 4.69) is 0 Å². The molecule has 9 rings (SSSR count). The van der Waals surface area contributed by atoms with Gasteiger partial charge in [-0.1, -0.05) is 106 Å². The number of hydrogen-bond acceptors (Lipinski definition) is 10. The molecule has 0 radical (unpaired) electrons. The fourth-order valence-corrected chi connectivity index (χ4v) is 8.25. The van der Waals surface area contributed by atoms with Crippen LogP contribution in [-0.2, 0) is 4.57 Å². The average molecular weight is 963 g/mol. The molecule has 0 amide bonds. The van der Waals surface area contributed by atoms with E-state index in [-0.39, 0.29) is 34.5 Å². The van der Waals surface area contributed by atoms with Crippen LogP contribution in [0.3, 0.4) is 0 Å². The highest BCUT2D eigenvalue weighted by atomic mass is 31.2. The van der Waals surface area contributed by atoms with Gasteiger partial charge in [0.25, 0.3) is 0 Å². The molecular weight excluding hydrogens is 912 g/mol. The third-order valence-electron chi connectivity index (χ3n) is 10.9. The van der Waals surface area contributed by atoms with Gasteiger partial charge in [0.1, 0.15) is 51.7 Å². The Bertz CT molecular complexity index is 2930. The van der Waals surface area contributed by atoms with E-state index in [1.807, 2.05) is 187 Å². The van der Waals surface area contributed by atoms with Gasteiger partial charge in [-0.3, -0.25) is 0 Å². The Kier molecular flexibility index (Phi) is 14.3. The second-order valence-electron chi connectivity index (χ2n) is 17.0. The number of benzene rings is 9. The summed E-state index contributed by atoms with van der Waals surface area (Å²) < 4.78 is 73.8. The summed E-state index contributed by atoms with van der Waals surface area (Å²) in [4.78, 5) is 0. The van der Waals surface area contributed by atoms with Gasteiger partial charge in [0.2, 0.25) is 0 Å². The molecule has 0 saturated heterocycles. The largest absolute Gasteiger partial charge is 0.647 e. The van der Waals surface area contributed by atoms with Crippen molar-refractivity contribution < 1.29 is 46.6 Å². The van der Waals surface area contributed by atoms with Crippen molar-refractivity contribution in [3.05, 3.63) is 234 Å². The summed E-state index contributed by atoms with van der Waals surface area (Å²) in [5.74, 6) is 5.04. The third-order valence-corrected chi connectivity index (χ3v) is 12.2. The Labute approximate surface area is 414 Å². The van der Waals surface area contributed by atoms with Gasteiger partial charge in [0, 0.05) is 18.2 Å². The van der Waals surface area contributed by atoms with Crippen LogP contribution in [0.1, 0.15) is 33.4 Å². The Morgan fingerprint density at radius 3 is 0.620 bits per heavy atom. The number of aryl methyl sites for hydroxylation is 6. The molecule has 11 heteroatoms. The van der Waals surface area contributed by atoms with Gasteiger partial charge in [0.15, 0.2) is 34.5 Å². The Morgan fingerprint density at radius 1 is 0.225 bits per heavy atom. The zero-order chi connectivity index (χ0) is 49.3. The van der Waals surface area contributed by atoms with Gasteiger partial charge in [0.05, 0.1) is 0 Å². The van der Waals surface area contributed by atoms with Crippen LogP contribution in [0.5, 0.6) is 86.2 Å². The molecule has 356 valence electrons. The van der Waals surface area contributed by atoms with Crippen molar-refractivity contribution in [2.75, 3.05) is 0 Å². The standard InChI is InChI=1S/C60H51O10P/c1-40-7-19-46(20-8-40)62-52-31-34-55(58(37-52)65-49-25-13-43(4)14-26-49)68-71(61,69-56-35-32-53(63-47-21-9-41(2)10-22-47)38-59(56)66-50-27-15-44(5)16-28-50)70-57-36-33-54(64-48-23-11-42(3)12-24-48)39-60(57)67-51-29-17-45(6)18-30-51/h7-39H,1-6H3. The van der Waals surface area contributed by atoms with Gasteiger partial charge >= 0.3 is 7.82 Å². The first kappa shape index (κ1) is 47.5. The number of ether oxygens (including phenoxy) is 6. The highest BCUT2D eigenvalue weighted by Crippen LogP contribution is 2.56. The molecule has 0 aliphatic heterocycles. The SMILES string of the molecule is Cc1ccc(Oc2ccc(OP(=O)(Oc3ccc(Oc4ccc(C)cc4)cc3Oc3ccc(C)cc3)Oc3ccc(Oc4ccc(C)cc4)cc3Oc3ccc(C)cc3)c(Oc3ccc(C)cc3)c2)cc1. The number of phosphoric ester groups is 1. The lowest BCUT2D eigenvalue weighted by atomic mass is 10.2. The maximum absolute atomic E-state index is 16.0. The lowest BCUT2D eigenvalue weighted by Crippen LogP contribution is -2.09. The summed E-state index contributed by atoms with van der Waals surface area (Å²) in [6, 6.07) is 60.1. The highest BCUT2D eigenvalue weighted by molar-refractivity contribution is 7.49. The fourth-order valence-electron chi connectivity index (χ4n) is 6.97. The number of phosphoric acid groups is 1. The zero-order valence-electron chi connectivity index (χ0n) is 40.1. The van der Waals surface area contributed by atoms with Gasteiger partial charge in [-0.05, 0) is 151 Å². The molecule has 0 N–H and O–H groups in total. The molecule has 10 nitrogen and oxygen atoms in total. The van der Waals surface area contributed by atoms with E-state index < -0.39 is 7.82 Å². The molecule has 0 spiro atoms. The second kappa shape index (κ2) is 21.4. The minimum absolute atomic E-state index is 0.00539. The normalized spacial score (nSPS) is 11.0. The molecular formula is C60H51O10P. The first-order valence-corrected chi connectivity index (χ1v) is 24.4. The maximum Gasteiger partial charge on any atom is 0.647 e. The van der Waals surface area contributed by atoms with E-state index in [1.165, 1.54) is 0 Å². The smallest absolute Gasteiger partial charge is 0.457 e. The first-order chi connectivity index (χ1) is 34.3. The summed E-state index contributed by atoms with van der Waals surface area (Å²) in [7, 11) is -4.93. The van der Waals surface area contributed by atoms with Crippen LogP contribution in [0.4, 0.5) is 0 Å². The van der Waals surface area contributed by atoms with Gasteiger partial charge < -0.3 is 42.0 Å². The van der Waals surface area contributed by atoms with Gasteiger partial charge in [-0.15, -0.1) is 0 Å². The first-order valence-electron chi connectivity index (χ1n) is 22.9. The molecule has 0 aliphatic rings. The summed E-state index contributed by atoms with van der Waals surface area (Å²) in [6.07, 6.45) is 0. The van der Waals surface area contributed by atoms with Gasteiger partial charge in [-0.2, -0.15) is 4.57 Å². The molecule has 9 aromatic rings. The number of hydrogen-bond donors (Lipinski definition) is 0. The highest BCUT2D eigenvalue weighted by Gasteiger charge is 2.37. The monoisotopic (exact) mass is 962 g/mol. The molecule has 0 aliphatic carbocycles. The molecule has 0 saturated carbocycles. The summed E-state index contributed by atoms with van der Waals surface area (Å²) in [5, 5.41) is 0. The number of rotatable bonds is 18. The van der Waals surface area contributed by atoms with Crippen LogP contribution in [0, 0.1) is 41.5 Å². The lowest BCUT2D eigenvalue weighted by Gasteiger charge is -2.23. The quantitative estimate of drug-likeness (QED) is 0.0773. The van der Waals surface area contributed by atoms with Crippen molar-refractivity contribution in [2.45, 2.75) is 41.5 Å². The Hall–Kier alpha value is -8.59. The van der Waals surface area contributed by atoms with Crippen molar-refractivity contribution in [1.82, 2.24) is 0 Å². The van der Waals surface area contributed by atoms with E-state index in [9.17, 15) is 0 Å². The van der Waals surface area contributed by atoms with E-state index in [4.69, 9.17) is 42.0 Å². The Morgan fingerprint density at radius 2 is 0.408 bits per heavy atom. The molecule has 0 bridgehead atoms. The van der Waals surface area contributed by atoms with Crippen molar-refractivity contribution in [2.24, 2.45) is 0 Å². The summed E-state index contributed by atoms with van der Waals surface area (Å²) >= 11 is 0. The molecule has 0 atom stereocenters. The summed E-state index contributed by atoms with van der Waals surface area (Å²) in [5.41, 5.74) is 6.37. The van der Waals surface area contributed by atoms with Crippen LogP contribution in [0.25, 0.3) is 0 Å². The van der Waals surface area contributed by atoms with Gasteiger partial charge in [-0.25, -0.2) is 0 Å². The van der Waals surface area contributed by atoms with Crippen LogP contribution in [0.2, 0.25) is 0 Å². The molecule has 0 unspecified atom stereocenters. The Balaban J connectivity index is 1.15. The van der Waals surface area contributed by atoms with Crippen LogP contribution in [-0.4, -0.2) is 0 Å². The van der Waals surface area contributed by atoms with Crippen molar-refractivity contribution >= 4 is 7.82 Å². The van der Waals surface area contributed by atoms with Crippen molar-refractivity contribution in [1.29, 1.82) is 0 Å². The molecule has 9 aromatic carbocycles. The lowest BCUT2D eigenvalue weighted by molar-refractivity contribution is 0.284. The van der Waals surface area contributed by atoms with Crippen molar-refractivity contribution in [3.8, 4) is 86.2 Å². The minimum Gasteiger partial charge on any atom is -0.457 e. The predicted molar refractivity (Wildman–Crippen MR) is 276 cm³/mol. The third kappa shape index (κ3) is 12.9. The van der Waals surface area contributed by atoms with Crippen molar-refractivity contribution in [3.63, 3.8) is 0 Å². The average Bonchev–Trinajstić information content (AvgIpc) is 3.36. The van der Waals surface area contributed by atoms with Crippen LogP contribution in [0.15, 0.2) is 200 Å².